The fraction of sp³-hybridized carbons (Fsp3) is 0.455. The second-order valence-corrected chi connectivity index (χ2v) is 8.13. The van der Waals surface area contributed by atoms with Gasteiger partial charge in [0.25, 0.3) is 0 Å². The number of aromatic amines is 1. The van der Waals surface area contributed by atoms with Gasteiger partial charge in [0.2, 0.25) is 0 Å². The predicted molar refractivity (Wildman–Crippen MR) is 113 cm³/mol. The minimum atomic E-state index is -0.507. The highest BCUT2D eigenvalue weighted by Crippen LogP contribution is 2.20. The Morgan fingerprint density at radius 2 is 1.90 bits per heavy atom. The summed E-state index contributed by atoms with van der Waals surface area (Å²) in [6.07, 6.45) is 1.64. The van der Waals surface area contributed by atoms with Crippen LogP contribution in [0.3, 0.4) is 0 Å². The van der Waals surface area contributed by atoms with Gasteiger partial charge in [-0.25, -0.2) is 9.59 Å². The number of rotatable bonds is 7. The highest BCUT2D eigenvalue weighted by molar-refractivity contribution is 6.04. The molecule has 0 saturated carbocycles. The maximum atomic E-state index is 13.1. The predicted octanol–water partition coefficient (Wildman–Crippen LogP) is 3.40. The minimum Gasteiger partial charge on any atom is -0.461 e. The molecule has 0 aromatic carbocycles. The van der Waals surface area contributed by atoms with Crippen molar-refractivity contribution in [3.63, 3.8) is 0 Å². The number of H-pyrrole nitrogens is 1. The van der Waals surface area contributed by atoms with Crippen LogP contribution in [0.1, 0.15) is 65.5 Å². The number of nitrogens with zero attached hydrogens (tertiary/aromatic N) is 2. The summed E-state index contributed by atoms with van der Waals surface area (Å²) in [6.45, 7) is 11.0. The van der Waals surface area contributed by atoms with Gasteiger partial charge >= 0.3 is 12.0 Å². The smallest absolute Gasteiger partial charge is 0.355 e. The topological polar surface area (TPSA) is 104 Å². The Balaban J connectivity index is 2.29. The summed E-state index contributed by atoms with van der Waals surface area (Å²) < 4.78 is 5.05. The van der Waals surface area contributed by atoms with E-state index in [9.17, 15) is 14.4 Å². The van der Waals surface area contributed by atoms with Crippen LogP contribution in [0.2, 0.25) is 0 Å². The number of pyridine rings is 1. The van der Waals surface area contributed by atoms with Gasteiger partial charge in [-0.2, -0.15) is 0 Å². The van der Waals surface area contributed by atoms with Crippen LogP contribution in [0.4, 0.5) is 4.79 Å². The zero-order valence-corrected chi connectivity index (χ0v) is 18.5. The first-order valence-electron chi connectivity index (χ1n) is 9.90. The van der Waals surface area contributed by atoms with Gasteiger partial charge in [0, 0.05) is 23.0 Å². The first-order chi connectivity index (χ1) is 14.0. The number of carbonyl (C=O) groups excluding carboxylic acids is 3. The fourth-order valence-corrected chi connectivity index (χ4v) is 3.11. The van der Waals surface area contributed by atoms with Crippen LogP contribution >= 0.6 is 0 Å². The molecule has 2 aromatic heterocycles. The summed E-state index contributed by atoms with van der Waals surface area (Å²) in [4.78, 5) is 46.7. The molecule has 30 heavy (non-hydrogen) atoms. The molecule has 2 amide bonds. The summed E-state index contributed by atoms with van der Waals surface area (Å²) in [6, 6.07) is 5.05. The van der Waals surface area contributed by atoms with Gasteiger partial charge in [-0.15, -0.1) is 0 Å². The Kier molecular flexibility index (Phi) is 7.37. The van der Waals surface area contributed by atoms with Gasteiger partial charge in [0.1, 0.15) is 5.69 Å². The molecular weight excluding hydrogens is 384 g/mol. The highest BCUT2D eigenvalue weighted by atomic mass is 16.5. The number of hydrogen-bond donors (Lipinski definition) is 2. The molecule has 0 aliphatic heterocycles. The van der Waals surface area contributed by atoms with E-state index in [1.165, 1.54) is 4.90 Å². The average Bonchev–Trinajstić information content (AvgIpc) is 2.95. The van der Waals surface area contributed by atoms with Crippen molar-refractivity contribution in [3.05, 3.63) is 52.6 Å². The Labute approximate surface area is 177 Å². The summed E-state index contributed by atoms with van der Waals surface area (Å²) in [5, 5.41) is 2.89. The molecule has 162 valence electrons. The van der Waals surface area contributed by atoms with E-state index < -0.39 is 11.5 Å². The van der Waals surface area contributed by atoms with Crippen LogP contribution in [-0.2, 0) is 11.3 Å². The lowest BCUT2D eigenvalue weighted by atomic mass is 10.0. The zero-order chi connectivity index (χ0) is 22.5. The summed E-state index contributed by atoms with van der Waals surface area (Å²) in [5.41, 5.74) is 1.95. The second kappa shape index (κ2) is 9.56. The molecule has 8 heteroatoms. The lowest BCUT2D eigenvalue weighted by molar-refractivity contribution is 0.0519. The Morgan fingerprint density at radius 3 is 2.47 bits per heavy atom. The van der Waals surface area contributed by atoms with Gasteiger partial charge in [0.05, 0.1) is 25.4 Å². The van der Waals surface area contributed by atoms with Crippen LogP contribution in [0, 0.1) is 13.8 Å². The number of aromatic nitrogens is 2. The molecule has 2 aromatic rings. The van der Waals surface area contributed by atoms with Gasteiger partial charge in [-0.3, -0.25) is 9.78 Å². The SMILES string of the molecule is CCOC(=O)c1[nH]c(C)c(C(=O)CN(Cc2ccccn2)C(=O)NC(C)(C)C)c1C. The third-order valence-corrected chi connectivity index (χ3v) is 4.38. The maximum absolute atomic E-state index is 13.1. The molecule has 0 atom stereocenters. The van der Waals surface area contributed by atoms with Crippen molar-refractivity contribution in [2.24, 2.45) is 0 Å². The molecule has 0 fully saturated rings. The lowest BCUT2D eigenvalue weighted by Gasteiger charge is -2.28. The maximum Gasteiger partial charge on any atom is 0.355 e. The number of Topliss-reactive ketones (excluding diaryl/α,β-unsaturated/α-hetero) is 1. The number of urea groups is 1. The molecule has 0 bridgehead atoms. The van der Waals surface area contributed by atoms with Crippen molar-refractivity contribution >= 4 is 17.8 Å². The van der Waals surface area contributed by atoms with Crippen LogP contribution in [0.5, 0.6) is 0 Å². The van der Waals surface area contributed by atoms with E-state index in [-0.39, 0.29) is 37.2 Å². The van der Waals surface area contributed by atoms with Gasteiger partial charge in [-0.05, 0) is 59.2 Å². The van der Waals surface area contributed by atoms with Gasteiger partial charge < -0.3 is 19.9 Å². The molecule has 0 aliphatic rings. The zero-order valence-electron chi connectivity index (χ0n) is 18.5. The van der Waals surface area contributed by atoms with Crippen molar-refractivity contribution < 1.29 is 19.1 Å². The number of ether oxygens (including phenoxy) is 1. The molecule has 8 nitrogen and oxygen atoms in total. The highest BCUT2D eigenvalue weighted by Gasteiger charge is 2.27. The molecule has 2 rings (SSSR count). The number of hydrogen-bond acceptors (Lipinski definition) is 5. The van der Waals surface area contributed by atoms with E-state index in [1.807, 2.05) is 26.8 Å². The molecule has 2 heterocycles. The largest absolute Gasteiger partial charge is 0.461 e. The third kappa shape index (κ3) is 5.92. The van der Waals surface area contributed by atoms with Crippen LogP contribution in [0.25, 0.3) is 0 Å². The number of carbonyl (C=O) groups is 3. The van der Waals surface area contributed by atoms with Crippen molar-refractivity contribution in [1.82, 2.24) is 20.2 Å². The first-order valence-corrected chi connectivity index (χ1v) is 9.90. The minimum absolute atomic E-state index is 0.152. The van der Waals surface area contributed by atoms with Gasteiger partial charge in [-0.1, -0.05) is 6.07 Å². The summed E-state index contributed by atoms with van der Waals surface area (Å²) >= 11 is 0. The number of amides is 2. The molecule has 0 radical (unpaired) electrons. The number of ketones is 1. The number of aryl methyl sites for hydroxylation is 1. The lowest BCUT2D eigenvalue weighted by Crippen LogP contribution is -2.49. The molecule has 0 saturated heterocycles. The Morgan fingerprint density at radius 1 is 1.20 bits per heavy atom. The van der Waals surface area contributed by atoms with Crippen LogP contribution in [0.15, 0.2) is 24.4 Å². The Bertz CT molecular complexity index is 913. The molecule has 0 spiro atoms. The third-order valence-electron chi connectivity index (χ3n) is 4.38. The molecule has 2 N–H and O–H groups in total. The average molecular weight is 415 g/mol. The van der Waals surface area contributed by atoms with Gasteiger partial charge in [0.15, 0.2) is 5.78 Å². The standard InChI is InChI=1S/C22H30N4O4/c1-7-30-20(28)19-14(2)18(15(3)24-19)17(27)13-26(21(29)25-22(4,5)6)12-16-10-8-9-11-23-16/h8-11,24H,7,12-13H2,1-6H3,(H,25,29). The van der Waals surface area contributed by atoms with Crippen molar-refractivity contribution in [2.75, 3.05) is 13.2 Å². The monoisotopic (exact) mass is 414 g/mol. The van der Waals surface area contributed by atoms with Crippen LogP contribution in [-0.4, -0.2) is 51.3 Å². The molecule has 0 unspecified atom stereocenters. The van der Waals surface area contributed by atoms with E-state index in [4.69, 9.17) is 4.74 Å². The van der Waals surface area contributed by atoms with E-state index in [1.54, 1.807) is 39.1 Å². The van der Waals surface area contributed by atoms with Crippen molar-refractivity contribution in [3.8, 4) is 0 Å². The molecule has 0 aliphatic carbocycles. The van der Waals surface area contributed by atoms with E-state index >= 15 is 0 Å². The molecular formula is C22H30N4O4. The first kappa shape index (κ1) is 23.1. The van der Waals surface area contributed by atoms with Crippen molar-refractivity contribution in [2.45, 2.75) is 53.6 Å². The van der Waals surface area contributed by atoms with Crippen LogP contribution < -0.4 is 5.32 Å². The Hall–Kier alpha value is -3.16. The summed E-state index contributed by atoms with van der Waals surface area (Å²) in [5.74, 6) is -0.773. The van der Waals surface area contributed by atoms with E-state index in [0.717, 1.165) is 0 Å². The van der Waals surface area contributed by atoms with E-state index in [0.29, 0.717) is 22.5 Å². The quantitative estimate of drug-likeness (QED) is 0.534. The normalized spacial score (nSPS) is 11.1. The van der Waals surface area contributed by atoms with E-state index in [2.05, 4.69) is 15.3 Å². The second-order valence-electron chi connectivity index (χ2n) is 8.13. The number of nitrogens with one attached hydrogen (secondary N) is 2. The van der Waals surface area contributed by atoms with Crippen molar-refractivity contribution in [1.29, 1.82) is 0 Å². The number of esters is 1. The fourth-order valence-electron chi connectivity index (χ4n) is 3.11. The summed E-state index contributed by atoms with van der Waals surface area (Å²) in [7, 11) is 0.